The van der Waals surface area contributed by atoms with Crippen LogP contribution >= 0.6 is 0 Å². The Morgan fingerprint density at radius 2 is 1.94 bits per heavy atom. The topological polar surface area (TPSA) is 26.0 Å². The third-order valence-electron chi connectivity index (χ3n) is 3.74. The minimum absolute atomic E-state index is 0.110. The standard InChI is InChI=1S/C14H20FN/c15-14-3-1-2-13(10-14)12-6-4-11(5-7-12)8-9-16/h1-3,10-12H,4-9,16H2. The van der Waals surface area contributed by atoms with Crippen molar-refractivity contribution in [3.63, 3.8) is 0 Å². The molecule has 0 aliphatic heterocycles. The molecule has 0 amide bonds. The van der Waals surface area contributed by atoms with E-state index in [1.807, 2.05) is 6.07 Å². The molecular weight excluding hydrogens is 201 g/mol. The number of halogens is 1. The molecule has 0 heterocycles. The zero-order valence-electron chi connectivity index (χ0n) is 9.66. The van der Waals surface area contributed by atoms with E-state index in [1.54, 1.807) is 6.07 Å². The van der Waals surface area contributed by atoms with Crippen LogP contribution in [0.3, 0.4) is 0 Å². The van der Waals surface area contributed by atoms with E-state index >= 15 is 0 Å². The van der Waals surface area contributed by atoms with Gasteiger partial charge in [0.1, 0.15) is 5.82 Å². The highest BCUT2D eigenvalue weighted by Crippen LogP contribution is 2.36. The van der Waals surface area contributed by atoms with Crippen molar-refractivity contribution in [2.24, 2.45) is 11.7 Å². The van der Waals surface area contributed by atoms with Gasteiger partial charge >= 0.3 is 0 Å². The number of hydrogen-bond donors (Lipinski definition) is 1. The second-order valence-electron chi connectivity index (χ2n) is 4.85. The van der Waals surface area contributed by atoms with Crippen molar-refractivity contribution in [1.82, 2.24) is 0 Å². The molecule has 1 aromatic rings. The maximum absolute atomic E-state index is 13.1. The second kappa shape index (κ2) is 5.44. The molecule has 1 aliphatic rings. The number of benzene rings is 1. The van der Waals surface area contributed by atoms with Gasteiger partial charge in [-0.25, -0.2) is 4.39 Å². The molecule has 16 heavy (non-hydrogen) atoms. The summed E-state index contributed by atoms with van der Waals surface area (Å²) in [6.45, 7) is 0.801. The molecule has 1 nitrogen and oxygen atoms in total. The Bertz CT molecular complexity index is 329. The Morgan fingerprint density at radius 1 is 1.19 bits per heavy atom. The van der Waals surface area contributed by atoms with E-state index in [4.69, 9.17) is 5.73 Å². The minimum atomic E-state index is -0.110. The van der Waals surface area contributed by atoms with Gasteiger partial charge in [0.25, 0.3) is 0 Å². The van der Waals surface area contributed by atoms with Crippen LogP contribution in [0, 0.1) is 11.7 Å². The summed E-state index contributed by atoms with van der Waals surface area (Å²) in [6, 6.07) is 7.07. The zero-order chi connectivity index (χ0) is 11.4. The largest absolute Gasteiger partial charge is 0.330 e. The molecule has 1 fully saturated rings. The van der Waals surface area contributed by atoms with Crippen LogP contribution in [0.15, 0.2) is 24.3 Å². The summed E-state index contributed by atoms with van der Waals surface area (Å²) in [7, 11) is 0. The normalized spacial score (nSPS) is 25.6. The fourth-order valence-corrected chi connectivity index (χ4v) is 2.78. The van der Waals surface area contributed by atoms with E-state index in [2.05, 4.69) is 6.07 Å². The van der Waals surface area contributed by atoms with E-state index in [0.717, 1.165) is 18.9 Å². The lowest BCUT2D eigenvalue weighted by Crippen LogP contribution is -2.16. The van der Waals surface area contributed by atoms with Crippen LogP contribution in [0.25, 0.3) is 0 Å². The van der Waals surface area contributed by atoms with Crippen molar-refractivity contribution in [2.45, 2.75) is 38.0 Å². The number of rotatable bonds is 3. The smallest absolute Gasteiger partial charge is 0.123 e. The number of hydrogen-bond acceptors (Lipinski definition) is 1. The molecule has 0 radical (unpaired) electrons. The molecule has 2 N–H and O–H groups in total. The summed E-state index contributed by atoms with van der Waals surface area (Å²) in [5.74, 6) is 1.25. The van der Waals surface area contributed by atoms with Crippen LogP contribution in [-0.2, 0) is 0 Å². The molecule has 0 spiro atoms. The molecule has 0 saturated heterocycles. The van der Waals surface area contributed by atoms with E-state index in [1.165, 1.54) is 37.3 Å². The Balaban J connectivity index is 1.94. The van der Waals surface area contributed by atoms with E-state index < -0.39 is 0 Å². The predicted octanol–water partition coefficient (Wildman–Crippen LogP) is 3.45. The monoisotopic (exact) mass is 221 g/mol. The lowest BCUT2D eigenvalue weighted by Gasteiger charge is -2.28. The van der Waals surface area contributed by atoms with Crippen LogP contribution in [0.1, 0.15) is 43.6 Å². The Labute approximate surface area is 96.9 Å². The molecule has 1 saturated carbocycles. The molecule has 0 bridgehead atoms. The summed E-state index contributed by atoms with van der Waals surface area (Å²) in [5.41, 5.74) is 6.75. The highest BCUT2D eigenvalue weighted by atomic mass is 19.1. The first-order valence-electron chi connectivity index (χ1n) is 6.25. The highest BCUT2D eigenvalue weighted by molar-refractivity contribution is 5.21. The summed E-state index contributed by atoms with van der Waals surface area (Å²) >= 11 is 0. The molecule has 0 unspecified atom stereocenters. The molecule has 1 aromatic carbocycles. The van der Waals surface area contributed by atoms with Crippen molar-refractivity contribution in [2.75, 3.05) is 6.54 Å². The van der Waals surface area contributed by atoms with E-state index in [0.29, 0.717) is 5.92 Å². The molecule has 2 heteroatoms. The van der Waals surface area contributed by atoms with Gasteiger partial charge in [0.05, 0.1) is 0 Å². The van der Waals surface area contributed by atoms with Crippen LogP contribution in [0.4, 0.5) is 4.39 Å². The van der Waals surface area contributed by atoms with Gasteiger partial charge in [-0.3, -0.25) is 0 Å². The van der Waals surface area contributed by atoms with Crippen molar-refractivity contribution >= 4 is 0 Å². The molecule has 0 aromatic heterocycles. The Hall–Kier alpha value is -0.890. The quantitative estimate of drug-likeness (QED) is 0.831. The summed E-state index contributed by atoms with van der Waals surface area (Å²) in [5, 5.41) is 0. The van der Waals surface area contributed by atoms with Crippen molar-refractivity contribution in [3.8, 4) is 0 Å². The third kappa shape index (κ3) is 2.82. The Kier molecular flexibility index (Phi) is 3.94. The van der Waals surface area contributed by atoms with Gasteiger partial charge < -0.3 is 5.73 Å². The van der Waals surface area contributed by atoms with Gasteiger partial charge in [0.2, 0.25) is 0 Å². The highest BCUT2D eigenvalue weighted by Gasteiger charge is 2.21. The fourth-order valence-electron chi connectivity index (χ4n) is 2.78. The van der Waals surface area contributed by atoms with Crippen LogP contribution in [-0.4, -0.2) is 6.54 Å². The first-order valence-corrected chi connectivity index (χ1v) is 6.25. The Morgan fingerprint density at radius 3 is 2.56 bits per heavy atom. The molecule has 0 atom stereocenters. The van der Waals surface area contributed by atoms with Gasteiger partial charge in [-0.15, -0.1) is 0 Å². The molecule has 2 rings (SSSR count). The molecular formula is C14H20FN. The summed E-state index contributed by atoms with van der Waals surface area (Å²) < 4.78 is 13.1. The van der Waals surface area contributed by atoms with E-state index in [9.17, 15) is 4.39 Å². The minimum Gasteiger partial charge on any atom is -0.330 e. The van der Waals surface area contributed by atoms with Crippen molar-refractivity contribution in [3.05, 3.63) is 35.6 Å². The van der Waals surface area contributed by atoms with Gasteiger partial charge in [-0.2, -0.15) is 0 Å². The average Bonchev–Trinajstić information content (AvgIpc) is 2.30. The van der Waals surface area contributed by atoms with Crippen molar-refractivity contribution in [1.29, 1.82) is 0 Å². The number of nitrogens with two attached hydrogens (primary N) is 1. The second-order valence-corrected chi connectivity index (χ2v) is 4.85. The zero-order valence-corrected chi connectivity index (χ0v) is 9.66. The van der Waals surface area contributed by atoms with Crippen molar-refractivity contribution < 1.29 is 4.39 Å². The first kappa shape index (κ1) is 11.6. The average molecular weight is 221 g/mol. The van der Waals surface area contributed by atoms with Crippen LogP contribution in [0.5, 0.6) is 0 Å². The lowest BCUT2D eigenvalue weighted by molar-refractivity contribution is 0.313. The van der Waals surface area contributed by atoms with E-state index in [-0.39, 0.29) is 5.82 Å². The molecule has 1 aliphatic carbocycles. The summed E-state index contributed by atoms with van der Waals surface area (Å²) in [4.78, 5) is 0. The third-order valence-corrected chi connectivity index (χ3v) is 3.74. The van der Waals surface area contributed by atoms with Gasteiger partial charge in [-0.05, 0) is 68.2 Å². The van der Waals surface area contributed by atoms with Gasteiger partial charge in [-0.1, -0.05) is 12.1 Å². The first-order chi connectivity index (χ1) is 7.79. The SMILES string of the molecule is NCCC1CCC(c2cccc(F)c2)CC1. The fraction of sp³-hybridized carbons (Fsp3) is 0.571. The lowest BCUT2D eigenvalue weighted by atomic mass is 9.77. The van der Waals surface area contributed by atoms with Crippen LogP contribution in [0.2, 0.25) is 0 Å². The summed E-state index contributed by atoms with van der Waals surface area (Å²) in [6.07, 6.45) is 6.02. The van der Waals surface area contributed by atoms with Crippen LogP contribution < -0.4 is 5.73 Å². The molecule has 88 valence electrons. The maximum atomic E-state index is 13.1. The predicted molar refractivity (Wildman–Crippen MR) is 64.8 cm³/mol. The maximum Gasteiger partial charge on any atom is 0.123 e. The van der Waals surface area contributed by atoms with Gasteiger partial charge in [0.15, 0.2) is 0 Å². The van der Waals surface area contributed by atoms with Gasteiger partial charge in [0, 0.05) is 0 Å².